The Hall–Kier alpha value is -1.09. The van der Waals surface area contributed by atoms with E-state index < -0.39 is 6.10 Å². The lowest BCUT2D eigenvalue weighted by Crippen LogP contribution is -2.34. The normalized spacial score (nSPS) is 21.1. The molecule has 1 aliphatic heterocycles. The Labute approximate surface area is 95.1 Å². The first-order chi connectivity index (χ1) is 7.70. The zero-order valence-corrected chi connectivity index (χ0v) is 9.45. The minimum absolute atomic E-state index is 0.141. The van der Waals surface area contributed by atoms with Crippen molar-refractivity contribution in [3.8, 4) is 5.75 Å². The molecule has 2 nitrogen and oxygen atoms in total. The Balaban J connectivity index is 2.09. The lowest BCUT2D eigenvalue weighted by atomic mass is 9.97. The molecule has 1 unspecified atom stereocenters. The highest BCUT2D eigenvalue weighted by atomic mass is 19.1. The first-order valence-corrected chi connectivity index (χ1v) is 5.84. The molecule has 2 rings (SSSR count). The number of benzene rings is 1. The number of aliphatic hydroxyl groups excluding tert-OH is 1. The smallest absolute Gasteiger partial charge is 0.125 e. The second-order valence-corrected chi connectivity index (χ2v) is 4.30. The minimum atomic E-state index is -0.414. The van der Waals surface area contributed by atoms with E-state index in [1.165, 1.54) is 12.1 Å². The third-order valence-corrected chi connectivity index (χ3v) is 3.01. The lowest BCUT2D eigenvalue weighted by molar-refractivity contribution is 0.0186. The van der Waals surface area contributed by atoms with E-state index in [1.807, 2.05) is 6.92 Å². The van der Waals surface area contributed by atoms with Gasteiger partial charge >= 0.3 is 0 Å². The maximum absolute atomic E-state index is 13.0. The third-order valence-electron chi connectivity index (χ3n) is 3.01. The Bertz CT molecular complexity index is 365. The highest BCUT2D eigenvalue weighted by Crippen LogP contribution is 2.29. The number of aryl methyl sites for hydroxylation is 1. The molecule has 2 atom stereocenters. The lowest BCUT2D eigenvalue weighted by Gasteiger charge is -2.29. The number of hydrogen-bond acceptors (Lipinski definition) is 2. The van der Waals surface area contributed by atoms with E-state index in [0.29, 0.717) is 5.75 Å². The van der Waals surface area contributed by atoms with Crippen molar-refractivity contribution in [2.75, 3.05) is 0 Å². The van der Waals surface area contributed by atoms with Crippen LogP contribution in [-0.4, -0.2) is 17.3 Å². The fourth-order valence-electron chi connectivity index (χ4n) is 2.13. The highest BCUT2D eigenvalue weighted by Gasteiger charge is 2.25. The molecule has 3 heteroatoms. The zero-order valence-electron chi connectivity index (χ0n) is 9.45. The van der Waals surface area contributed by atoms with E-state index in [0.717, 1.165) is 31.2 Å². The number of fused-ring (bicyclic) bond motifs is 1. The van der Waals surface area contributed by atoms with Crippen LogP contribution in [0, 0.1) is 5.82 Å². The van der Waals surface area contributed by atoms with Crippen LogP contribution in [0.4, 0.5) is 4.39 Å². The molecule has 0 radical (unpaired) electrons. The fraction of sp³-hybridized carbons (Fsp3) is 0.538. The van der Waals surface area contributed by atoms with Crippen LogP contribution in [-0.2, 0) is 6.42 Å². The van der Waals surface area contributed by atoms with Crippen molar-refractivity contribution in [3.63, 3.8) is 0 Å². The summed E-state index contributed by atoms with van der Waals surface area (Å²) >= 11 is 0. The molecule has 88 valence electrons. The summed E-state index contributed by atoms with van der Waals surface area (Å²) in [4.78, 5) is 0. The van der Waals surface area contributed by atoms with Gasteiger partial charge < -0.3 is 9.84 Å². The molecule has 0 amide bonds. The summed E-state index contributed by atoms with van der Waals surface area (Å²) in [6.07, 6.45) is 2.68. The standard InChI is InChI=1S/C13H17FO2/c1-2-3-11(15)13-6-4-9-8-10(14)5-7-12(9)16-13/h5,7-8,11,13,15H,2-4,6H2,1H3/t11?,13-/m0/s1. The van der Waals surface area contributed by atoms with Crippen LogP contribution in [0.1, 0.15) is 31.7 Å². The predicted molar refractivity (Wildman–Crippen MR) is 60.1 cm³/mol. The van der Waals surface area contributed by atoms with Crippen molar-refractivity contribution in [2.45, 2.75) is 44.8 Å². The first kappa shape index (κ1) is 11.4. The molecular formula is C13H17FO2. The number of halogens is 1. The molecule has 1 aromatic carbocycles. The topological polar surface area (TPSA) is 29.5 Å². The van der Waals surface area contributed by atoms with E-state index in [-0.39, 0.29) is 11.9 Å². The maximum Gasteiger partial charge on any atom is 0.125 e. The monoisotopic (exact) mass is 224 g/mol. The quantitative estimate of drug-likeness (QED) is 0.855. The van der Waals surface area contributed by atoms with Crippen molar-refractivity contribution < 1.29 is 14.2 Å². The maximum atomic E-state index is 13.0. The molecule has 0 aromatic heterocycles. The van der Waals surface area contributed by atoms with Gasteiger partial charge in [-0.25, -0.2) is 4.39 Å². The van der Waals surface area contributed by atoms with Gasteiger partial charge in [-0.2, -0.15) is 0 Å². The van der Waals surface area contributed by atoms with Gasteiger partial charge in [-0.05, 0) is 43.0 Å². The molecule has 0 spiro atoms. The van der Waals surface area contributed by atoms with Crippen molar-refractivity contribution in [3.05, 3.63) is 29.6 Å². The van der Waals surface area contributed by atoms with Gasteiger partial charge in [0.1, 0.15) is 17.7 Å². The van der Waals surface area contributed by atoms with E-state index in [2.05, 4.69) is 0 Å². The summed E-state index contributed by atoms with van der Waals surface area (Å²) in [5, 5.41) is 9.86. The Morgan fingerprint density at radius 2 is 2.38 bits per heavy atom. The average molecular weight is 224 g/mol. The molecule has 0 bridgehead atoms. The van der Waals surface area contributed by atoms with E-state index in [4.69, 9.17) is 4.74 Å². The molecular weight excluding hydrogens is 207 g/mol. The third kappa shape index (κ3) is 2.35. The summed E-state index contributed by atoms with van der Waals surface area (Å²) in [7, 11) is 0. The van der Waals surface area contributed by atoms with E-state index in [9.17, 15) is 9.50 Å². The van der Waals surface area contributed by atoms with Crippen molar-refractivity contribution in [1.29, 1.82) is 0 Å². The summed E-state index contributed by atoms with van der Waals surface area (Å²) in [6.45, 7) is 2.04. The second-order valence-electron chi connectivity index (χ2n) is 4.30. The average Bonchev–Trinajstić information content (AvgIpc) is 2.28. The molecule has 0 saturated carbocycles. The Morgan fingerprint density at radius 1 is 1.56 bits per heavy atom. The molecule has 1 aromatic rings. The van der Waals surface area contributed by atoms with Crippen LogP contribution in [0.2, 0.25) is 0 Å². The Morgan fingerprint density at radius 3 is 3.12 bits per heavy atom. The van der Waals surface area contributed by atoms with Crippen molar-refractivity contribution >= 4 is 0 Å². The molecule has 0 fully saturated rings. The molecule has 0 saturated heterocycles. The van der Waals surface area contributed by atoms with Crippen LogP contribution in [0.3, 0.4) is 0 Å². The predicted octanol–water partition coefficient (Wildman–Crippen LogP) is 2.68. The van der Waals surface area contributed by atoms with Gasteiger partial charge in [0.25, 0.3) is 0 Å². The van der Waals surface area contributed by atoms with Gasteiger partial charge in [0, 0.05) is 0 Å². The first-order valence-electron chi connectivity index (χ1n) is 5.84. The van der Waals surface area contributed by atoms with Crippen LogP contribution in [0.5, 0.6) is 5.75 Å². The van der Waals surface area contributed by atoms with E-state index in [1.54, 1.807) is 6.07 Å². The van der Waals surface area contributed by atoms with Crippen molar-refractivity contribution in [2.24, 2.45) is 0 Å². The van der Waals surface area contributed by atoms with E-state index >= 15 is 0 Å². The van der Waals surface area contributed by atoms with Gasteiger partial charge in [0.05, 0.1) is 6.10 Å². The van der Waals surface area contributed by atoms with Gasteiger partial charge in [-0.1, -0.05) is 13.3 Å². The van der Waals surface area contributed by atoms with Gasteiger partial charge in [-0.3, -0.25) is 0 Å². The Kier molecular flexibility index (Phi) is 3.44. The summed E-state index contributed by atoms with van der Waals surface area (Å²) in [6, 6.07) is 4.56. The van der Waals surface area contributed by atoms with Gasteiger partial charge in [-0.15, -0.1) is 0 Å². The number of hydrogen-bond donors (Lipinski definition) is 1. The summed E-state index contributed by atoms with van der Waals surface area (Å²) < 4.78 is 18.7. The number of rotatable bonds is 3. The molecule has 1 heterocycles. The fourth-order valence-corrected chi connectivity index (χ4v) is 2.13. The van der Waals surface area contributed by atoms with Crippen molar-refractivity contribution in [1.82, 2.24) is 0 Å². The van der Waals surface area contributed by atoms with Gasteiger partial charge in [0.15, 0.2) is 0 Å². The summed E-state index contributed by atoms with van der Waals surface area (Å²) in [5.41, 5.74) is 0.903. The molecule has 1 N–H and O–H groups in total. The largest absolute Gasteiger partial charge is 0.487 e. The van der Waals surface area contributed by atoms with Crippen LogP contribution < -0.4 is 4.74 Å². The summed E-state index contributed by atoms with van der Waals surface area (Å²) in [5.74, 6) is 0.489. The molecule has 1 aliphatic rings. The van der Waals surface area contributed by atoms with Crippen LogP contribution in [0.25, 0.3) is 0 Å². The van der Waals surface area contributed by atoms with Gasteiger partial charge in [0.2, 0.25) is 0 Å². The number of aliphatic hydroxyl groups is 1. The van der Waals surface area contributed by atoms with Crippen LogP contribution in [0.15, 0.2) is 18.2 Å². The highest BCUT2D eigenvalue weighted by molar-refractivity contribution is 5.35. The second kappa shape index (κ2) is 4.83. The molecule has 0 aliphatic carbocycles. The minimum Gasteiger partial charge on any atom is -0.487 e. The molecule has 16 heavy (non-hydrogen) atoms. The van der Waals surface area contributed by atoms with Crippen LogP contribution >= 0.6 is 0 Å². The SMILES string of the molecule is CCCC(O)[C@@H]1CCc2cc(F)ccc2O1. The zero-order chi connectivity index (χ0) is 11.5. The number of ether oxygens (including phenoxy) is 1.